The summed E-state index contributed by atoms with van der Waals surface area (Å²) in [5, 5.41) is 7.10. The number of morpholine rings is 1. The van der Waals surface area contributed by atoms with Gasteiger partial charge < -0.3 is 10.1 Å². The van der Waals surface area contributed by atoms with Gasteiger partial charge in [0.2, 0.25) is 0 Å². The Morgan fingerprint density at radius 2 is 2.08 bits per heavy atom. The molecule has 0 radical (unpaired) electrons. The molecule has 6 nitrogen and oxygen atoms in total. The predicted molar refractivity (Wildman–Crippen MR) is 92.9 cm³/mol. The highest BCUT2D eigenvalue weighted by atomic mass is 19.1. The van der Waals surface area contributed by atoms with Crippen LogP contribution in [0.1, 0.15) is 16.1 Å². The molecule has 1 aliphatic rings. The van der Waals surface area contributed by atoms with Gasteiger partial charge in [0.15, 0.2) is 5.69 Å². The first-order valence-corrected chi connectivity index (χ1v) is 8.43. The maximum atomic E-state index is 14.1. The highest BCUT2D eigenvalue weighted by Gasteiger charge is 2.17. The fourth-order valence-electron chi connectivity index (χ4n) is 2.91. The minimum absolute atomic E-state index is 0.247. The molecule has 1 amide bonds. The summed E-state index contributed by atoms with van der Waals surface area (Å²) >= 11 is 0. The van der Waals surface area contributed by atoms with Crippen LogP contribution in [0.15, 0.2) is 24.3 Å². The lowest BCUT2D eigenvalue weighted by molar-refractivity contribution is 0.0383. The summed E-state index contributed by atoms with van der Waals surface area (Å²) in [6, 6.07) is 6.53. The van der Waals surface area contributed by atoms with Crippen molar-refractivity contribution in [2.45, 2.75) is 6.92 Å². The maximum Gasteiger partial charge on any atom is 0.271 e. The van der Waals surface area contributed by atoms with Crippen molar-refractivity contribution >= 4 is 5.91 Å². The van der Waals surface area contributed by atoms with Crippen molar-refractivity contribution in [3.63, 3.8) is 0 Å². The first kappa shape index (κ1) is 17.6. The number of nitrogens with zero attached hydrogens (tertiary/aromatic N) is 3. The Morgan fingerprint density at radius 3 is 2.84 bits per heavy atom. The van der Waals surface area contributed by atoms with E-state index in [1.54, 1.807) is 25.2 Å². The van der Waals surface area contributed by atoms with Crippen molar-refractivity contribution in [2.75, 3.05) is 39.4 Å². The number of halogens is 1. The van der Waals surface area contributed by atoms with Crippen LogP contribution in [0.25, 0.3) is 11.3 Å². The minimum Gasteiger partial charge on any atom is -0.379 e. The third kappa shape index (κ3) is 4.24. The largest absolute Gasteiger partial charge is 0.379 e. The summed E-state index contributed by atoms with van der Waals surface area (Å²) in [4.78, 5) is 14.6. The summed E-state index contributed by atoms with van der Waals surface area (Å²) in [5.74, 6) is -0.573. The molecular weight excluding hydrogens is 323 g/mol. The van der Waals surface area contributed by atoms with Crippen LogP contribution in [-0.4, -0.2) is 60.0 Å². The van der Waals surface area contributed by atoms with Crippen LogP contribution in [0.5, 0.6) is 0 Å². The Kier molecular flexibility index (Phi) is 5.45. The number of carbonyl (C=O) groups excluding carboxylic acids is 1. The van der Waals surface area contributed by atoms with Gasteiger partial charge in [-0.1, -0.05) is 11.6 Å². The molecule has 0 bridgehead atoms. The van der Waals surface area contributed by atoms with Gasteiger partial charge in [-0.3, -0.25) is 14.4 Å². The van der Waals surface area contributed by atoms with Crippen molar-refractivity contribution in [3.05, 3.63) is 41.3 Å². The predicted octanol–water partition coefficient (Wildman–Crippen LogP) is 1.60. The summed E-state index contributed by atoms with van der Waals surface area (Å²) in [7, 11) is 1.71. The molecule has 25 heavy (non-hydrogen) atoms. The van der Waals surface area contributed by atoms with E-state index in [1.807, 2.05) is 6.92 Å². The number of hydrogen-bond donors (Lipinski definition) is 1. The fraction of sp³-hybridized carbons (Fsp3) is 0.444. The molecule has 1 fully saturated rings. The molecule has 0 spiro atoms. The second-order valence-corrected chi connectivity index (χ2v) is 6.23. The van der Waals surface area contributed by atoms with E-state index in [9.17, 15) is 9.18 Å². The fourth-order valence-corrected chi connectivity index (χ4v) is 2.91. The van der Waals surface area contributed by atoms with E-state index in [0.717, 1.165) is 38.4 Å². The number of rotatable bonds is 5. The van der Waals surface area contributed by atoms with Gasteiger partial charge in [0.05, 0.1) is 18.9 Å². The van der Waals surface area contributed by atoms with Crippen molar-refractivity contribution in [1.82, 2.24) is 20.0 Å². The Morgan fingerprint density at radius 1 is 1.32 bits per heavy atom. The second-order valence-electron chi connectivity index (χ2n) is 6.23. The molecule has 1 aromatic carbocycles. The molecular formula is C18H23FN4O2. The number of hydrogen-bond acceptors (Lipinski definition) is 4. The zero-order chi connectivity index (χ0) is 17.8. The van der Waals surface area contributed by atoms with E-state index in [1.165, 1.54) is 10.7 Å². The van der Waals surface area contributed by atoms with Crippen LogP contribution in [0, 0.1) is 12.7 Å². The van der Waals surface area contributed by atoms with Gasteiger partial charge in [0.1, 0.15) is 5.82 Å². The molecule has 3 rings (SSSR count). The van der Waals surface area contributed by atoms with Gasteiger partial charge >= 0.3 is 0 Å². The third-order valence-corrected chi connectivity index (χ3v) is 4.33. The molecule has 0 aliphatic carbocycles. The lowest BCUT2D eigenvalue weighted by Crippen LogP contribution is -2.41. The SMILES string of the molecule is Cc1ccc(F)c(-c2cc(C(=O)NCCN3CCOCC3)nn2C)c1. The topological polar surface area (TPSA) is 59.4 Å². The molecule has 1 aliphatic heterocycles. The number of nitrogens with one attached hydrogen (secondary N) is 1. The van der Waals surface area contributed by atoms with Gasteiger partial charge in [-0.05, 0) is 25.1 Å². The summed E-state index contributed by atoms with van der Waals surface area (Å²) in [6.07, 6.45) is 0. The summed E-state index contributed by atoms with van der Waals surface area (Å²) in [5.41, 5.74) is 2.27. The molecule has 1 N–H and O–H groups in total. The maximum absolute atomic E-state index is 14.1. The van der Waals surface area contributed by atoms with Gasteiger partial charge in [-0.25, -0.2) is 4.39 Å². The van der Waals surface area contributed by atoms with Crippen LogP contribution in [0.2, 0.25) is 0 Å². The Bertz CT molecular complexity index is 754. The number of benzene rings is 1. The highest BCUT2D eigenvalue weighted by molar-refractivity contribution is 5.93. The minimum atomic E-state index is -0.326. The van der Waals surface area contributed by atoms with E-state index in [0.29, 0.717) is 23.5 Å². The average molecular weight is 346 g/mol. The Labute approximate surface area is 146 Å². The van der Waals surface area contributed by atoms with E-state index < -0.39 is 0 Å². The average Bonchev–Trinajstić information content (AvgIpc) is 3.00. The number of carbonyl (C=O) groups is 1. The van der Waals surface area contributed by atoms with Crippen molar-refractivity contribution < 1.29 is 13.9 Å². The molecule has 1 saturated heterocycles. The van der Waals surface area contributed by atoms with Crippen LogP contribution >= 0.6 is 0 Å². The van der Waals surface area contributed by atoms with Crippen LogP contribution in [0.4, 0.5) is 4.39 Å². The van der Waals surface area contributed by atoms with Gasteiger partial charge in [0, 0.05) is 38.8 Å². The molecule has 0 unspecified atom stereocenters. The van der Waals surface area contributed by atoms with E-state index in [4.69, 9.17) is 4.74 Å². The quantitative estimate of drug-likeness (QED) is 0.893. The lowest BCUT2D eigenvalue weighted by atomic mass is 10.1. The molecule has 0 saturated carbocycles. The standard InChI is InChI=1S/C18H23FN4O2/c1-13-3-4-15(19)14(11-13)17-12-16(21-22(17)2)18(24)20-5-6-23-7-9-25-10-8-23/h3-4,11-12H,5-10H2,1-2H3,(H,20,24). The zero-order valence-electron chi connectivity index (χ0n) is 14.6. The molecule has 7 heteroatoms. The molecule has 2 aromatic rings. The second kappa shape index (κ2) is 7.76. The first-order valence-electron chi connectivity index (χ1n) is 8.43. The number of aryl methyl sites for hydroxylation is 2. The van der Waals surface area contributed by atoms with Crippen molar-refractivity contribution in [3.8, 4) is 11.3 Å². The van der Waals surface area contributed by atoms with Crippen molar-refractivity contribution in [1.29, 1.82) is 0 Å². The lowest BCUT2D eigenvalue weighted by Gasteiger charge is -2.26. The van der Waals surface area contributed by atoms with Crippen LogP contribution < -0.4 is 5.32 Å². The monoisotopic (exact) mass is 346 g/mol. The van der Waals surface area contributed by atoms with Gasteiger partial charge in [-0.15, -0.1) is 0 Å². The number of aromatic nitrogens is 2. The number of ether oxygens (including phenoxy) is 1. The summed E-state index contributed by atoms with van der Waals surface area (Å²) < 4.78 is 20.9. The number of amides is 1. The van der Waals surface area contributed by atoms with Crippen molar-refractivity contribution in [2.24, 2.45) is 7.05 Å². The molecule has 0 atom stereocenters. The summed E-state index contributed by atoms with van der Waals surface area (Å²) in [6.45, 7) is 6.47. The van der Waals surface area contributed by atoms with Crippen LogP contribution in [-0.2, 0) is 11.8 Å². The smallest absolute Gasteiger partial charge is 0.271 e. The normalized spacial score (nSPS) is 15.3. The van der Waals surface area contributed by atoms with E-state index >= 15 is 0 Å². The molecule has 2 heterocycles. The third-order valence-electron chi connectivity index (χ3n) is 4.33. The van der Waals surface area contributed by atoms with Gasteiger partial charge in [0.25, 0.3) is 5.91 Å². The molecule has 1 aromatic heterocycles. The van der Waals surface area contributed by atoms with E-state index in [-0.39, 0.29) is 11.7 Å². The Balaban J connectivity index is 1.65. The highest BCUT2D eigenvalue weighted by Crippen LogP contribution is 2.24. The Hall–Kier alpha value is -2.25. The van der Waals surface area contributed by atoms with Crippen LogP contribution in [0.3, 0.4) is 0 Å². The van der Waals surface area contributed by atoms with Gasteiger partial charge in [-0.2, -0.15) is 5.10 Å². The first-order chi connectivity index (χ1) is 12.0. The molecule has 134 valence electrons. The van der Waals surface area contributed by atoms with E-state index in [2.05, 4.69) is 15.3 Å². The zero-order valence-corrected chi connectivity index (χ0v) is 14.6.